The number of benzene rings is 1. The Labute approximate surface area is 143 Å². The maximum atomic E-state index is 12.5. The molecule has 5 nitrogen and oxygen atoms in total. The van der Waals surface area contributed by atoms with Crippen molar-refractivity contribution in [2.45, 2.75) is 44.1 Å². The number of rotatable bonds is 3. The van der Waals surface area contributed by atoms with E-state index in [1.165, 1.54) is 12.8 Å². The Morgan fingerprint density at radius 2 is 1.57 bits per heavy atom. The molecular weight excluding hydrogens is 314 g/mol. The summed E-state index contributed by atoms with van der Waals surface area (Å²) < 4.78 is 0. The molecule has 0 bridgehead atoms. The number of carbonyl (C=O) groups excluding carboxylic acids is 2. The number of nitrogens with two attached hydrogens (primary N) is 1. The molecule has 1 aliphatic carbocycles. The first-order valence-corrected chi connectivity index (χ1v) is 8.08. The van der Waals surface area contributed by atoms with Crippen LogP contribution in [0.1, 0.15) is 48.9 Å². The van der Waals surface area contributed by atoms with Crippen molar-refractivity contribution in [2.75, 3.05) is 18.4 Å². The van der Waals surface area contributed by atoms with E-state index in [1.807, 2.05) is 4.90 Å². The number of carbonyl (C=O) groups is 2. The van der Waals surface area contributed by atoms with E-state index in [4.69, 9.17) is 5.73 Å². The molecule has 1 aromatic carbocycles. The van der Waals surface area contributed by atoms with Crippen LogP contribution in [0.15, 0.2) is 24.3 Å². The molecule has 1 aromatic rings. The van der Waals surface area contributed by atoms with E-state index in [9.17, 15) is 9.59 Å². The molecule has 0 unspecified atom stereocenters. The van der Waals surface area contributed by atoms with Gasteiger partial charge in [0, 0.05) is 24.3 Å². The number of halogens is 1. The SMILES string of the molecule is Cl.NC1(C(=O)Nc2ccc(C(=O)N3CCCCCC3)cc2)CC1. The van der Waals surface area contributed by atoms with Gasteiger partial charge in [0.05, 0.1) is 5.54 Å². The van der Waals surface area contributed by atoms with Gasteiger partial charge in [0.1, 0.15) is 0 Å². The molecule has 1 saturated carbocycles. The summed E-state index contributed by atoms with van der Waals surface area (Å²) in [4.78, 5) is 26.3. The maximum Gasteiger partial charge on any atom is 0.253 e. The van der Waals surface area contributed by atoms with Crippen LogP contribution in [0.4, 0.5) is 5.69 Å². The van der Waals surface area contributed by atoms with Crippen LogP contribution in [-0.2, 0) is 4.79 Å². The number of nitrogens with zero attached hydrogens (tertiary/aromatic N) is 1. The predicted octanol–water partition coefficient (Wildman–Crippen LogP) is 2.55. The minimum absolute atomic E-state index is 0. The van der Waals surface area contributed by atoms with Crippen LogP contribution >= 0.6 is 12.4 Å². The molecule has 3 N–H and O–H groups in total. The summed E-state index contributed by atoms with van der Waals surface area (Å²) in [6.07, 6.45) is 6.05. The highest BCUT2D eigenvalue weighted by atomic mass is 35.5. The summed E-state index contributed by atoms with van der Waals surface area (Å²) in [5.74, 6) is -0.0589. The fraction of sp³-hybridized carbons (Fsp3) is 0.529. The van der Waals surface area contributed by atoms with Crippen molar-refractivity contribution in [1.29, 1.82) is 0 Å². The van der Waals surface area contributed by atoms with Gasteiger partial charge in [0.2, 0.25) is 5.91 Å². The Kier molecular flexibility index (Phi) is 5.65. The molecule has 0 spiro atoms. The lowest BCUT2D eigenvalue weighted by molar-refractivity contribution is -0.118. The summed E-state index contributed by atoms with van der Waals surface area (Å²) in [7, 11) is 0. The second-order valence-electron chi connectivity index (χ2n) is 6.39. The van der Waals surface area contributed by atoms with Crippen molar-refractivity contribution >= 4 is 29.9 Å². The van der Waals surface area contributed by atoms with Gasteiger partial charge < -0.3 is 16.0 Å². The summed E-state index contributed by atoms with van der Waals surface area (Å²) in [5, 5.41) is 2.81. The minimum atomic E-state index is -0.680. The van der Waals surface area contributed by atoms with Crippen molar-refractivity contribution < 1.29 is 9.59 Å². The molecule has 1 heterocycles. The number of anilines is 1. The first-order chi connectivity index (χ1) is 10.6. The average molecular weight is 338 g/mol. The fourth-order valence-corrected chi connectivity index (χ4v) is 2.77. The van der Waals surface area contributed by atoms with Crippen LogP contribution in [0.3, 0.4) is 0 Å². The molecule has 126 valence electrons. The quantitative estimate of drug-likeness (QED) is 0.890. The van der Waals surface area contributed by atoms with E-state index in [1.54, 1.807) is 24.3 Å². The summed E-state index contributed by atoms with van der Waals surface area (Å²) in [6.45, 7) is 1.68. The van der Waals surface area contributed by atoms with Gasteiger partial charge in [-0.3, -0.25) is 9.59 Å². The molecular formula is C17H24ClN3O2. The van der Waals surface area contributed by atoms with E-state index in [2.05, 4.69) is 5.32 Å². The number of amides is 2. The fourth-order valence-electron chi connectivity index (χ4n) is 2.77. The summed E-state index contributed by atoms with van der Waals surface area (Å²) >= 11 is 0. The molecule has 2 fully saturated rings. The summed E-state index contributed by atoms with van der Waals surface area (Å²) in [5.41, 5.74) is 6.54. The van der Waals surface area contributed by atoms with Crippen LogP contribution in [0, 0.1) is 0 Å². The summed E-state index contributed by atoms with van der Waals surface area (Å²) in [6, 6.07) is 7.10. The zero-order valence-corrected chi connectivity index (χ0v) is 14.0. The number of hydrogen-bond donors (Lipinski definition) is 2. The van der Waals surface area contributed by atoms with Gasteiger partial charge in [-0.1, -0.05) is 12.8 Å². The van der Waals surface area contributed by atoms with Crippen molar-refractivity contribution in [3.8, 4) is 0 Å². The Morgan fingerprint density at radius 3 is 2.09 bits per heavy atom. The second-order valence-corrected chi connectivity index (χ2v) is 6.39. The van der Waals surface area contributed by atoms with Crippen LogP contribution in [0.25, 0.3) is 0 Å². The van der Waals surface area contributed by atoms with Gasteiger partial charge >= 0.3 is 0 Å². The Morgan fingerprint density at radius 1 is 1.00 bits per heavy atom. The molecule has 23 heavy (non-hydrogen) atoms. The van der Waals surface area contributed by atoms with Gasteiger partial charge in [-0.05, 0) is 49.9 Å². The third kappa shape index (κ3) is 4.24. The molecule has 0 radical (unpaired) electrons. The van der Waals surface area contributed by atoms with Gasteiger partial charge in [-0.15, -0.1) is 12.4 Å². The largest absolute Gasteiger partial charge is 0.339 e. The first kappa shape index (κ1) is 17.8. The Hall–Kier alpha value is -1.59. The van der Waals surface area contributed by atoms with Gasteiger partial charge in [-0.25, -0.2) is 0 Å². The minimum Gasteiger partial charge on any atom is -0.339 e. The van der Waals surface area contributed by atoms with Crippen molar-refractivity contribution in [1.82, 2.24) is 4.90 Å². The average Bonchev–Trinajstić information content (AvgIpc) is 3.31. The lowest BCUT2D eigenvalue weighted by atomic mass is 10.1. The van der Waals surface area contributed by atoms with Crippen LogP contribution in [0.2, 0.25) is 0 Å². The number of likely N-dealkylation sites (tertiary alicyclic amines) is 1. The monoisotopic (exact) mass is 337 g/mol. The van der Waals surface area contributed by atoms with Gasteiger partial charge in [0.25, 0.3) is 5.91 Å². The van der Waals surface area contributed by atoms with E-state index in [0.29, 0.717) is 11.3 Å². The Balaban J connectivity index is 0.00000192. The zero-order chi connectivity index (χ0) is 15.6. The highest BCUT2D eigenvalue weighted by molar-refractivity contribution is 6.00. The maximum absolute atomic E-state index is 12.5. The van der Waals surface area contributed by atoms with Crippen LogP contribution < -0.4 is 11.1 Å². The van der Waals surface area contributed by atoms with E-state index >= 15 is 0 Å². The van der Waals surface area contributed by atoms with Gasteiger partial charge in [0.15, 0.2) is 0 Å². The van der Waals surface area contributed by atoms with Crippen molar-refractivity contribution in [3.05, 3.63) is 29.8 Å². The lowest BCUT2D eigenvalue weighted by Gasteiger charge is -2.20. The zero-order valence-electron chi connectivity index (χ0n) is 13.2. The van der Waals surface area contributed by atoms with E-state index in [0.717, 1.165) is 38.8 Å². The topological polar surface area (TPSA) is 75.4 Å². The van der Waals surface area contributed by atoms with E-state index in [-0.39, 0.29) is 24.2 Å². The van der Waals surface area contributed by atoms with Crippen molar-refractivity contribution in [2.24, 2.45) is 5.73 Å². The highest BCUT2D eigenvalue weighted by Crippen LogP contribution is 2.33. The second kappa shape index (κ2) is 7.32. The predicted molar refractivity (Wildman–Crippen MR) is 92.8 cm³/mol. The molecule has 3 rings (SSSR count). The molecule has 1 saturated heterocycles. The van der Waals surface area contributed by atoms with Crippen molar-refractivity contribution in [3.63, 3.8) is 0 Å². The molecule has 2 aliphatic rings. The molecule has 6 heteroatoms. The first-order valence-electron chi connectivity index (χ1n) is 8.08. The molecule has 2 amide bonds. The molecule has 0 atom stereocenters. The Bertz CT molecular complexity index is 562. The molecule has 1 aliphatic heterocycles. The van der Waals surface area contributed by atoms with Crippen LogP contribution in [-0.4, -0.2) is 35.3 Å². The van der Waals surface area contributed by atoms with Crippen LogP contribution in [0.5, 0.6) is 0 Å². The smallest absolute Gasteiger partial charge is 0.253 e. The molecule has 0 aromatic heterocycles. The van der Waals surface area contributed by atoms with E-state index < -0.39 is 5.54 Å². The third-order valence-electron chi connectivity index (χ3n) is 4.52. The normalized spacial score (nSPS) is 19.3. The number of hydrogen-bond acceptors (Lipinski definition) is 3. The third-order valence-corrected chi connectivity index (χ3v) is 4.52. The number of nitrogens with one attached hydrogen (secondary N) is 1. The highest BCUT2D eigenvalue weighted by Gasteiger charge is 2.45. The standard InChI is InChI=1S/C17H23N3O2.ClH/c18-17(9-10-17)16(22)19-14-7-5-13(6-8-14)15(21)20-11-3-1-2-4-12-20;/h5-8H,1-4,9-12,18H2,(H,19,22);1H. The lowest BCUT2D eigenvalue weighted by Crippen LogP contribution is -2.37. The van der Waals surface area contributed by atoms with Gasteiger partial charge in [-0.2, -0.15) is 0 Å².